The van der Waals surface area contributed by atoms with E-state index in [1.54, 1.807) is 14.2 Å². The summed E-state index contributed by atoms with van der Waals surface area (Å²) in [5.74, 6) is 0. The monoisotopic (exact) mass is 306 g/mol. The van der Waals surface area contributed by atoms with Gasteiger partial charge in [-0.2, -0.15) is 0 Å². The molecule has 0 unspecified atom stereocenters. The van der Waals surface area contributed by atoms with Crippen LogP contribution in [0.1, 0.15) is 0 Å². The first-order valence-electron chi connectivity index (χ1n) is 6.63. The second-order valence-corrected chi connectivity index (χ2v) is 2.82. The molecular formula is C16H34O5. The van der Waals surface area contributed by atoms with E-state index in [-0.39, 0.29) is 0 Å². The van der Waals surface area contributed by atoms with Gasteiger partial charge in [-0.15, -0.1) is 39.5 Å². The van der Waals surface area contributed by atoms with E-state index in [9.17, 15) is 0 Å². The lowest BCUT2D eigenvalue weighted by molar-refractivity contribution is -0.00380. The number of hydrogen-bond donors (Lipinski definition) is 0. The molecule has 0 amide bonds. The van der Waals surface area contributed by atoms with Crippen molar-refractivity contribution in [3.8, 4) is 0 Å². The Morgan fingerprint density at radius 3 is 0.810 bits per heavy atom. The molecule has 0 atom stereocenters. The first-order valence-corrected chi connectivity index (χ1v) is 6.63. The molecule has 0 aromatic heterocycles. The van der Waals surface area contributed by atoms with Crippen molar-refractivity contribution < 1.29 is 23.7 Å². The molecule has 0 bridgehead atoms. The highest BCUT2D eigenvalue weighted by molar-refractivity contribution is 4.34. The van der Waals surface area contributed by atoms with Crippen LogP contribution in [0.5, 0.6) is 0 Å². The highest BCUT2D eigenvalue weighted by Gasteiger charge is 1.91. The van der Waals surface area contributed by atoms with Crippen LogP contribution in [0.15, 0.2) is 39.5 Å². The molecule has 21 heavy (non-hydrogen) atoms. The van der Waals surface area contributed by atoms with Crippen LogP contribution in [-0.2, 0) is 23.7 Å². The topological polar surface area (TPSA) is 46.2 Å². The molecule has 0 aromatic rings. The van der Waals surface area contributed by atoms with Gasteiger partial charge in [0.15, 0.2) is 0 Å². The Labute approximate surface area is 131 Å². The zero-order valence-corrected chi connectivity index (χ0v) is 13.9. The van der Waals surface area contributed by atoms with E-state index in [0.29, 0.717) is 52.9 Å². The molecule has 0 saturated heterocycles. The van der Waals surface area contributed by atoms with Gasteiger partial charge in [0.25, 0.3) is 0 Å². The van der Waals surface area contributed by atoms with E-state index in [0.717, 1.165) is 0 Å². The fraction of sp³-hybridized carbons (Fsp3) is 0.625. The van der Waals surface area contributed by atoms with Crippen LogP contribution in [0.3, 0.4) is 0 Å². The average molecular weight is 306 g/mol. The minimum Gasteiger partial charge on any atom is -0.382 e. The number of hydrogen-bond acceptors (Lipinski definition) is 5. The number of rotatable bonds is 12. The fourth-order valence-electron chi connectivity index (χ4n) is 0.826. The van der Waals surface area contributed by atoms with Gasteiger partial charge in [0.2, 0.25) is 0 Å². The van der Waals surface area contributed by atoms with Crippen LogP contribution >= 0.6 is 0 Å². The molecule has 5 nitrogen and oxygen atoms in total. The summed E-state index contributed by atoms with van der Waals surface area (Å²) in [5.41, 5.74) is 0. The fourth-order valence-corrected chi connectivity index (χ4v) is 0.826. The lowest BCUT2D eigenvalue weighted by Gasteiger charge is -2.06. The van der Waals surface area contributed by atoms with Crippen molar-refractivity contribution in [2.24, 2.45) is 0 Å². The van der Waals surface area contributed by atoms with Crippen molar-refractivity contribution >= 4 is 0 Å². The maximum atomic E-state index is 5.26. The van der Waals surface area contributed by atoms with Crippen LogP contribution in [0.4, 0.5) is 0 Å². The Bertz CT molecular complexity index is 128. The lowest BCUT2D eigenvalue weighted by atomic mass is 10.7. The molecule has 0 aromatic carbocycles. The molecule has 0 aliphatic heterocycles. The highest BCUT2D eigenvalue weighted by Crippen LogP contribution is 1.81. The maximum Gasteiger partial charge on any atom is 0.0701 e. The Balaban J connectivity index is -0.000000212. The lowest BCUT2D eigenvalue weighted by Crippen LogP contribution is -2.12. The number of methoxy groups -OCH3 is 2. The van der Waals surface area contributed by atoms with Crippen molar-refractivity contribution in [3.63, 3.8) is 0 Å². The number of ether oxygens (including phenoxy) is 5. The van der Waals surface area contributed by atoms with Crippen LogP contribution in [0, 0.1) is 0 Å². The van der Waals surface area contributed by atoms with Crippen LogP contribution in [0.2, 0.25) is 0 Å². The van der Waals surface area contributed by atoms with Gasteiger partial charge in [0.05, 0.1) is 52.9 Å². The van der Waals surface area contributed by atoms with Gasteiger partial charge in [-0.05, 0) is 0 Å². The van der Waals surface area contributed by atoms with Crippen molar-refractivity contribution in [3.05, 3.63) is 39.5 Å². The van der Waals surface area contributed by atoms with Crippen molar-refractivity contribution in [2.75, 3.05) is 67.1 Å². The van der Waals surface area contributed by atoms with Gasteiger partial charge in [0.1, 0.15) is 0 Å². The van der Waals surface area contributed by atoms with Crippen molar-refractivity contribution in [2.45, 2.75) is 0 Å². The van der Waals surface area contributed by atoms with E-state index in [1.807, 2.05) is 0 Å². The van der Waals surface area contributed by atoms with Gasteiger partial charge in [0, 0.05) is 14.2 Å². The minimum atomic E-state index is 0.595. The summed E-state index contributed by atoms with van der Waals surface area (Å²) < 4.78 is 25.3. The molecule has 0 fully saturated rings. The molecule has 128 valence electrons. The van der Waals surface area contributed by atoms with E-state index in [4.69, 9.17) is 23.7 Å². The summed E-state index contributed by atoms with van der Waals surface area (Å²) in [6.07, 6.45) is 0. The van der Waals surface area contributed by atoms with E-state index in [2.05, 4.69) is 39.5 Å². The third kappa shape index (κ3) is 45.4. The molecule has 0 rings (SSSR count). The average Bonchev–Trinajstić information content (AvgIpc) is 2.58. The van der Waals surface area contributed by atoms with Gasteiger partial charge in [-0.3, -0.25) is 0 Å². The molecule has 0 aliphatic rings. The normalized spacial score (nSPS) is 8.29. The summed E-state index contributed by atoms with van der Waals surface area (Å²) in [4.78, 5) is 0. The predicted octanol–water partition coefficient (Wildman–Crippen LogP) is 2.74. The molecule has 0 spiro atoms. The Morgan fingerprint density at radius 1 is 0.429 bits per heavy atom. The zero-order valence-electron chi connectivity index (χ0n) is 13.9. The molecule has 0 N–H and O–H groups in total. The molecule has 0 aliphatic carbocycles. The summed E-state index contributed by atoms with van der Waals surface area (Å²) in [6, 6.07) is 0. The summed E-state index contributed by atoms with van der Waals surface area (Å²) in [6.45, 7) is 22.9. The molecular weight excluding hydrogens is 272 g/mol. The second kappa shape index (κ2) is 42.7. The van der Waals surface area contributed by atoms with Gasteiger partial charge in [-0.1, -0.05) is 0 Å². The third-order valence-electron chi connectivity index (χ3n) is 1.61. The first kappa shape index (κ1) is 28.2. The molecule has 0 heterocycles. The van der Waals surface area contributed by atoms with E-state index >= 15 is 0 Å². The smallest absolute Gasteiger partial charge is 0.0701 e. The Morgan fingerprint density at radius 2 is 0.619 bits per heavy atom. The zero-order chi connectivity index (χ0) is 17.2. The van der Waals surface area contributed by atoms with E-state index in [1.165, 1.54) is 0 Å². The standard InChI is InChI=1S/C10H22O5.3C2H4/c1-11-3-5-13-7-9-15-10-8-14-6-4-12-2;3*1-2/h3-10H2,1-2H3;3*1-2H2. The van der Waals surface area contributed by atoms with Crippen LogP contribution < -0.4 is 0 Å². The Kier molecular flexibility index (Phi) is 57.4. The largest absolute Gasteiger partial charge is 0.382 e. The van der Waals surface area contributed by atoms with Crippen molar-refractivity contribution in [1.29, 1.82) is 0 Å². The van der Waals surface area contributed by atoms with Crippen LogP contribution in [0.25, 0.3) is 0 Å². The summed E-state index contributed by atoms with van der Waals surface area (Å²) in [5, 5.41) is 0. The second-order valence-electron chi connectivity index (χ2n) is 2.82. The SMILES string of the molecule is C=C.C=C.C=C.COCCOCCOCCOCCOC. The molecule has 0 radical (unpaired) electrons. The summed E-state index contributed by atoms with van der Waals surface area (Å²) in [7, 11) is 3.30. The quantitative estimate of drug-likeness (QED) is 0.410. The third-order valence-corrected chi connectivity index (χ3v) is 1.61. The summed E-state index contributed by atoms with van der Waals surface area (Å²) >= 11 is 0. The highest BCUT2D eigenvalue weighted by atomic mass is 16.6. The van der Waals surface area contributed by atoms with E-state index < -0.39 is 0 Å². The molecule has 0 saturated carbocycles. The van der Waals surface area contributed by atoms with Gasteiger partial charge >= 0.3 is 0 Å². The maximum absolute atomic E-state index is 5.26. The first-order chi connectivity index (χ1) is 10.4. The predicted molar refractivity (Wildman–Crippen MR) is 90.0 cm³/mol. The molecule has 5 heteroatoms. The van der Waals surface area contributed by atoms with Gasteiger partial charge in [-0.25, -0.2) is 0 Å². The minimum absolute atomic E-state index is 0.595. The van der Waals surface area contributed by atoms with Crippen molar-refractivity contribution in [1.82, 2.24) is 0 Å². The Hall–Kier alpha value is -0.980. The van der Waals surface area contributed by atoms with Crippen LogP contribution in [-0.4, -0.2) is 67.1 Å². The van der Waals surface area contributed by atoms with Gasteiger partial charge < -0.3 is 23.7 Å².